The molecule has 0 spiro atoms. The van der Waals surface area contributed by atoms with E-state index in [1.165, 1.54) is 16.3 Å². The number of methoxy groups -OCH3 is 3. The monoisotopic (exact) mass is 391 g/mol. The Hall–Kier alpha value is -3.21. The van der Waals surface area contributed by atoms with E-state index in [9.17, 15) is 4.79 Å². The van der Waals surface area contributed by atoms with Crippen LogP contribution >= 0.6 is 0 Å². The molecule has 0 bridgehead atoms. The largest absolute Gasteiger partial charge is 0.493 e. The molecule has 1 atom stereocenters. The first-order valence-corrected chi connectivity index (χ1v) is 9.76. The molecule has 0 aliphatic carbocycles. The number of hydrogen-bond donors (Lipinski definition) is 0. The summed E-state index contributed by atoms with van der Waals surface area (Å²) in [5.74, 6) is 1.42. The molecule has 5 heteroatoms. The van der Waals surface area contributed by atoms with Gasteiger partial charge in [-0.3, -0.25) is 4.79 Å². The summed E-state index contributed by atoms with van der Waals surface area (Å²) in [6, 6.07) is 18.1. The maximum Gasteiger partial charge on any atom is 0.254 e. The highest BCUT2D eigenvalue weighted by molar-refractivity contribution is 5.96. The number of hydrogen-bond acceptors (Lipinski definition) is 4. The Morgan fingerprint density at radius 3 is 2.31 bits per heavy atom. The molecular formula is C24H25NO4. The summed E-state index contributed by atoms with van der Waals surface area (Å²) in [5.41, 5.74) is 1.73. The van der Waals surface area contributed by atoms with Gasteiger partial charge in [-0.25, -0.2) is 0 Å². The van der Waals surface area contributed by atoms with Crippen molar-refractivity contribution in [2.45, 2.75) is 18.9 Å². The van der Waals surface area contributed by atoms with Gasteiger partial charge in [-0.15, -0.1) is 0 Å². The van der Waals surface area contributed by atoms with Crippen LogP contribution in [0.25, 0.3) is 10.8 Å². The van der Waals surface area contributed by atoms with E-state index >= 15 is 0 Å². The summed E-state index contributed by atoms with van der Waals surface area (Å²) in [6.45, 7) is 0.726. The van der Waals surface area contributed by atoms with Gasteiger partial charge in [0.05, 0.1) is 27.4 Å². The number of benzene rings is 3. The van der Waals surface area contributed by atoms with Gasteiger partial charge in [0.2, 0.25) is 5.75 Å². The lowest BCUT2D eigenvalue weighted by Crippen LogP contribution is -2.30. The second-order valence-electron chi connectivity index (χ2n) is 7.14. The van der Waals surface area contributed by atoms with Crippen molar-refractivity contribution in [1.29, 1.82) is 0 Å². The number of carbonyl (C=O) groups is 1. The van der Waals surface area contributed by atoms with E-state index in [0.29, 0.717) is 22.8 Å². The van der Waals surface area contributed by atoms with Gasteiger partial charge in [-0.05, 0) is 41.3 Å². The Labute approximate surface area is 170 Å². The first kappa shape index (κ1) is 19.1. The zero-order chi connectivity index (χ0) is 20.4. The SMILES string of the molecule is COc1cc(C(=O)N2CCCC2c2cccc3ccccc23)cc(OC)c1OC. The molecule has 1 fully saturated rings. The van der Waals surface area contributed by atoms with Crippen molar-refractivity contribution < 1.29 is 19.0 Å². The molecule has 1 heterocycles. The first-order valence-electron chi connectivity index (χ1n) is 9.76. The summed E-state index contributed by atoms with van der Waals surface area (Å²) in [4.78, 5) is 15.4. The molecule has 0 N–H and O–H groups in total. The second-order valence-corrected chi connectivity index (χ2v) is 7.14. The first-order chi connectivity index (χ1) is 14.2. The molecule has 3 aromatic rings. The van der Waals surface area contributed by atoms with Crippen molar-refractivity contribution in [3.63, 3.8) is 0 Å². The lowest BCUT2D eigenvalue weighted by molar-refractivity contribution is 0.0735. The van der Waals surface area contributed by atoms with Crippen molar-refractivity contribution in [3.05, 3.63) is 65.7 Å². The second kappa shape index (κ2) is 8.03. The minimum Gasteiger partial charge on any atom is -0.493 e. The number of fused-ring (bicyclic) bond motifs is 1. The molecule has 5 nitrogen and oxygen atoms in total. The molecule has 0 saturated carbocycles. The molecule has 1 unspecified atom stereocenters. The number of rotatable bonds is 5. The highest BCUT2D eigenvalue weighted by Crippen LogP contribution is 2.41. The molecule has 29 heavy (non-hydrogen) atoms. The van der Waals surface area contributed by atoms with Crippen molar-refractivity contribution in [2.24, 2.45) is 0 Å². The number of carbonyl (C=O) groups excluding carboxylic acids is 1. The molecule has 150 valence electrons. The van der Waals surface area contributed by atoms with E-state index in [4.69, 9.17) is 14.2 Å². The quantitative estimate of drug-likeness (QED) is 0.624. The third-order valence-corrected chi connectivity index (χ3v) is 5.61. The fourth-order valence-corrected chi connectivity index (χ4v) is 4.24. The summed E-state index contributed by atoms with van der Waals surface area (Å²) < 4.78 is 16.2. The van der Waals surface area contributed by atoms with E-state index in [0.717, 1.165) is 19.4 Å². The van der Waals surface area contributed by atoms with Crippen LogP contribution in [0.2, 0.25) is 0 Å². The average Bonchev–Trinajstić information content (AvgIpc) is 3.26. The Bertz CT molecular complexity index is 1020. The maximum atomic E-state index is 13.5. The molecule has 1 aliphatic rings. The van der Waals surface area contributed by atoms with Gasteiger partial charge in [0.15, 0.2) is 11.5 Å². The molecule has 1 amide bonds. The van der Waals surface area contributed by atoms with Crippen LogP contribution in [0.4, 0.5) is 0 Å². The van der Waals surface area contributed by atoms with Crippen LogP contribution in [-0.2, 0) is 0 Å². The van der Waals surface area contributed by atoms with Gasteiger partial charge in [-0.2, -0.15) is 0 Å². The fraction of sp³-hybridized carbons (Fsp3) is 0.292. The predicted octanol–water partition coefficient (Wildman–Crippen LogP) is 4.84. The molecule has 1 saturated heterocycles. The van der Waals surface area contributed by atoms with E-state index in [-0.39, 0.29) is 11.9 Å². The topological polar surface area (TPSA) is 48.0 Å². The standard InChI is InChI=1S/C24H25NO4/c1-27-21-14-17(15-22(28-2)23(21)29-3)24(26)25-13-7-12-20(25)19-11-6-9-16-8-4-5-10-18(16)19/h4-6,8-11,14-15,20H,7,12-13H2,1-3H3. The van der Waals surface area contributed by atoms with Gasteiger partial charge in [0.1, 0.15) is 0 Å². The van der Waals surface area contributed by atoms with E-state index in [1.54, 1.807) is 33.5 Å². The number of ether oxygens (including phenoxy) is 3. The summed E-state index contributed by atoms with van der Waals surface area (Å²) in [7, 11) is 4.67. The Kier molecular flexibility index (Phi) is 5.30. The van der Waals surface area contributed by atoms with Crippen molar-refractivity contribution in [3.8, 4) is 17.2 Å². The lowest BCUT2D eigenvalue weighted by atomic mass is 9.97. The average molecular weight is 391 g/mol. The Balaban J connectivity index is 1.73. The normalized spacial score (nSPS) is 16.1. The van der Waals surface area contributed by atoms with Gasteiger partial charge >= 0.3 is 0 Å². The van der Waals surface area contributed by atoms with Crippen molar-refractivity contribution in [2.75, 3.05) is 27.9 Å². The maximum absolute atomic E-state index is 13.5. The van der Waals surface area contributed by atoms with E-state index < -0.39 is 0 Å². The number of amides is 1. The van der Waals surface area contributed by atoms with Gasteiger partial charge in [-0.1, -0.05) is 42.5 Å². The number of likely N-dealkylation sites (tertiary alicyclic amines) is 1. The van der Waals surface area contributed by atoms with Crippen LogP contribution in [0.5, 0.6) is 17.2 Å². The van der Waals surface area contributed by atoms with Crippen LogP contribution in [0.3, 0.4) is 0 Å². The third-order valence-electron chi connectivity index (χ3n) is 5.61. The van der Waals surface area contributed by atoms with Gasteiger partial charge in [0.25, 0.3) is 5.91 Å². The smallest absolute Gasteiger partial charge is 0.254 e. The minimum atomic E-state index is -0.0281. The zero-order valence-corrected chi connectivity index (χ0v) is 17.0. The van der Waals surface area contributed by atoms with Gasteiger partial charge in [0, 0.05) is 12.1 Å². The molecule has 3 aromatic carbocycles. The van der Waals surface area contributed by atoms with Crippen molar-refractivity contribution in [1.82, 2.24) is 4.90 Å². The Morgan fingerprint density at radius 2 is 1.62 bits per heavy atom. The van der Waals surface area contributed by atoms with Crippen LogP contribution in [0.1, 0.15) is 34.8 Å². The van der Waals surface area contributed by atoms with Crippen LogP contribution in [-0.4, -0.2) is 38.7 Å². The lowest BCUT2D eigenvalue weighted by Gasteiger charge is -2.27. The number of nitrogens with zero attached hydrogens (tertiary/aromatic N) is 1. The van der Waals surface area contributed by atoms with Crippen LogP contribution in [0, 0.1) is 0 Å². The third kappa shape index (κ3) is 3.37. The van der Waals surface area contributed by atoms with Crippen LogP contribution in [0.15, 0.2) is 54.6 Å². The molecule has 0 aromatic heterocycles. The summed E-state index contributed by atoms with van der Waals surface area (Å²) in [5, 5.41) is 2.39. The van der Waals surface area contributed by atoms with E-state index in [1.807, 2.05) is 17.0 Å². The summed E-state index contributed by atoms with van der Waals surface area (Å²) in [6.07, 6.45) is 1.92. The minimum absolute atomic E-state index is 0.0281. The molecule has 0 radical (unpaired) electrons. The van der Waals surface area contributed by atoms with Crippen LogP contribution < -0.4 is 14.2 Å². The molecule has 4 rings (SSSR count). The predicted molar refractivity (Wildman–Crippen MR) is 113 cm³/mol. The summed E-state index contributed by atoms with van der Waals surface area (Å²) >= 11 is 0. The van der Waals surface area contributed by atoms with Crippen molar-refractivity contribution >= 4 is 16.7 Å². The fourth-order valence-electron chi connectivity index (χ4n) is 4.24. The molecule has 1 aliphatic heterocycles. The molecular weight excluding hydrogens is 366 g/mol. The highest BCUT2D eigenvalue weighted by atomic mass is 16.5. The van der Waals surface area contributed by atoms with Gasteiger partial charge < -0.3 is 19.1 Å². The Morgan fingerprint density at radius 1 is 0.931 bits per heavy atom. The highest BCUT2D eigenvalue weighted by Gasteiger charge is 2.32. The zero-order valence-electron chi connectivity index (χ0n) is 17.0. The van der Waals surface area contributed by atoms with E-state index in [2.05, 4.69) is 30.3 Å².